The van der Waals surface area contributed by atoms with Crippen molar-refractivity contribution in [2.45, 2.75) is 37.1 Å². The zero-order chi connectivity index (χ0) is 19.1. The van der Waals surface area contributed by atoms with Gasteiger partial charge in [0.05, 0.1) is 18.8 Å². The van der Waals surface area contributed by atoms with E-state index in [9.17, 15) is 19.5 Å². The van der Waals surface area contributed by atoms with Crippen LogP contribution < -0.4 is 22.5 Å². The first-order valence-electron chi connectivity index (χ1n) is 7.92. The number of aliphatic hydroxyl groups is 2. The maximum atomic E-state index is 12.8. The molecule has 0 aromatic heterocycles. The van der Waals surface area contributed by atoms with E-state index in [1.54, 1.807) is 0 Å². The Morgan fingerprint density at radius 1 is 1.40 bits per heavy atom. The van der Waals surface area contributed by atoms with E-state index < -0.39 is 48.4 Å². The van der Waals surface area contributed by atoms with E-state index in [4.69, 9.17) is 27.7 Å². The van der Waals surface area contributed by atoms with Crippen LogP contribution >= 0.6 is 0 Å². The van der Waals surface area contributed by atoms with Gasteiger partial charge in [0.1, 0.15) is 18.4 Å². The third-order valence-corrected chi connectivity index (χ3v) is 4.21. The van der Waals surface area contributed by atoms with Crippen LogP contribution in [-0.2, 0) is 14.4 Å². The minimum absolute atomic E-state index is 0.0929. The molecule has 1 heterocycles. The first-order chi connectivity index (χ1) is 11.7. The van der Waals surface area contributed by atoms with E-state index in [-0.39, 0.29) is 31.9 Å². The summed E-state index contributed by atoms with van der Waals surface area (Å²) in [4.78, 5) is 37.2. The number of amides is 1. The molecule has 0 spiro atoms. The average Bonchev–Trinajstić information content (AvgIpc) is 2.97. The Bertz CT molecular complexity index is 516. The van der Waals surface area contributed by atoms with Gasteiger partial charge in [0.2, 0.25) is 5.91 Å². The summed E-state index contributed by atoms with van der Waals surface area (Å²) in [5.74, 6) is -2.48. The van der Waals surface area contributed by atoms with Crippen LogP contribution in [0.15, 0.2) is 0 Å². The van der Waals surface area contributed by atoms with Crippen LogP contribution in [0.25, 0.3) is 0 Å². The van der Waals surface area contributed by atoms with Gasteiger partial charge in [-0.15, -0.1) is 0 Å². The van der Waals surface area contributed by atoms with E-state index in [1.165, 1.54) is 0 Å². The SMILES string of the molecule is N=C(N)NCCC(C(=O)[C@@H]1[C@@H](O)CCN1C(=O)[C@H](N)CO)[C@H](N)C=O. The molecule has 142 valence electrons. The van der Waals surface area contributed by atoms with E-state index >= 15 is 0 Å². The van der Waals surface area contributed by atoms with E-state index in [0.29, 0.717) is 6.29 Å². The average molecular weight is 358 g/mol. The molecule has 0 bridgehead atoms. The number of likely N-dealkylation sites (tertiary alicyclic amines) is 1. The Kier molecular flexibility index (Phi) is 7.90. The second-order valence-electron chi connectivity index (χ2n) is 5.97. The normalized spacial score (nSPS) is 23.6. The Hall–Kier alpha value is -2.08. The van der Waals surface area contributed by atoms with E-state index in [0.717, 1.165) is 4.90 Å². The maximum Gasteiger partial charge on any atom is 0.242 e. The number of hydrogen-bond donors (Lipinski definition) is 7. The minimum atomic E-state index is -1.20. The Morgan fingerprint density at radius 2 is 2.04 bits per heavy atom. The standard InChI is InChI=1S/C14H26N6O5/c15-8(5-21)7(1-3-19-14(17)18)12(24)11-10(23)2-4-20(11)13(25)9(16)6-22/h5,7-11,22-23H,1-4,6,15-16H2,(H4,17,18,19)/t7?,8-,9-,10+,11+/m1/s1. The number of Topliss-reactive ketones (excluding diaryl/α,β-unsaturated/α-hetero) is 1. The fourth-order valence-corrected chi connectivity index (χ4v) is 2.86. The molecule has 1 rings (SSSR count). The van der Waals surface area contributed by atoms with Crippen molar-refractivity contribution in [3.05, 3.63) is 0 Å². The number of carbonyl (C=O) groups excluding carboxylic acids is 3. The van der Waals surface area contributed by atoms with Gasteiger partial charge in [-0.2, -0.15) is 0 Å². The number of aldehydes is 1. The van der Waals surface area contributed by atoms with Gasteiger partial charge in [-0.1, -0.05) is 0 Å². The predicted octanol–water partition coefficient (Wildman–Crippen LogP) is -4.15. The molecule has 1 saturated heterocycles. The van der Waals surface area contributed by atoms with Crippen molar-refractivity contribution in [1.29, 1.82) is 5.41 Å². The van der Waals surface area contributed by atoms with Crippen LogP contribution in [-0.4, -0.2) is 83.0 Å². The number of hydrogen-bond acceptors (Lipinski definition) is 8. The van der Waals surface area contributed by atoms with Gasteiger partial charge in [-0.25, -0.2) is 0 Å². The molecule has 11 nitrogen and oxygen atoms in total. The third-order valence-electron chi connectivity index (χ3n) is 4.21. The van der Waals surface area contributed by atoms with Gasteiger partial charge in [-0.3, -0.25) is 15.0 Å². The van der Waals surface area contributed by atoms with Crippen molar-refractivity contribution in [3.8, 4) is 0 Å². The lowest BCUT2D eigenvalue weighted by Crippen LogP contribution is -2.55. The number of ketones is 1. The maximum absolute atomic E-state index is 12.8. The van der Waals surface area contributed by atoms with Crippen molar-refractivity contribution < 1.29 is 24.6 Å². The molecule has 1 aliphatic heterocycles. The molecule has 0 radical (unpaired) electrons. The van der Waals surface area contributed by atoms with Crippen LogP contribution in [0.1, 0.15) is 12.8 Å². The minimum Gasteiger partial charge on any atom is -0.394 e. The lowest BCUT2D eigenvalue weighted by molar-refractivity contribution is -0.143. The van der Waals surface area contributed by atoms with Crippen LogP contribution in [0, 0.1) is 11.3 Å². The van der Waals surface area contributed by atoms with Gasteiger partial charge in [-0.05, 0) is 12.8 Å². The van der Waals surface area contributed by atoms with Crippen LogP contribution in [0.2, 0.25) is 0 Å². The van der Waals surface area contributed by atoms with E-state index in [2.05, 4.69) is 5.32 Å². The second kappa shape index (κ2) is 9.42. The van der Waals surface area contributed by atoms with Gasteiger partial charge in [0.15, 0.2) is 11.7 Å². The number of nitrogens with one attached hydrogen (secondary N) is 2. The lowest BCUT2D eigenvalue weighted by atomic mass is 9.87. The molecule has 0 aromatic carbocycles. The van der Waals surface area contributed by atoms with Gasteiger partial charge >= 0.3 is 0 Å². The monoisotopic (exact) mass is 358 g/mol. The molecule has 25 heavy (non-hydrogen) atoms. The second-order valence-corrected chi connectivity index (χ2v) is 5.97. The highest BCUT2D eigenvalue weighted by Crippen LogP contribution is 2.24. The summed E-state index contributed by atoms with van der Waals surface area (Å²) in [6.07, 6.45) is -0.419. The quantitative estimate of drug-likeness (QED) is 0.121. The topological polar surface area (TPSA) is 209 Å². The zero-order valence-corrected chi connectivity index (χ0v) is 13.8. The lowest BCUT2D eigenvalue weighted by Gasteiger charge is -2.31. The summed E-state index contributed by atoms with van der Waals surface area (Å²) in [6, 6.07) is -3.51. The van der Waals surface area contributed by atoms with E-state index in [1.807, 2.05) is 0 Å². The summed E-state index contributed by atoms with van der Waals surface area (Å²) < 4.78 is 0. The molecule has 5 atom stereocenters. The largest absolute Gasteiger partial charge is 0.394 e. The molecule has 1 fully saturated rings. The molecule has 0 aromatic rings. The van der Waals surface area contributed by atoms with Crippen LogP contribution in [0.4, 0.5) is 0 Å². The van der Waals surface area contributed by atoms with Crippen molar-refractivity contribution in [1.82, 2.24) is 10.2 Å². The third kappa shape index (κ3) is 5.19. The highest BCUT2D eigenvalue weighted by atomic mass is 16.3. The van der Waals surface area contributed by atoms with Crippen molar-refractivity contribution in [2.24, 2.45) is 23.1 Å². The van der Waals surface area contributed by atoms with Crippen molar-refractivity contribution >= 4 is 23.9 Å². The summed E-state index contributed by atoms with van der Waals surface area (Å²) >= 11 is 0. The first-order valence-corrected chi connectivity index (χ1v) is 7.92. The molecular weight excluding hydrogens is 332 g/mol. The van der Waals surface area contributed by atoms with Crippen LogP contribution in [0.5, 0.6) is 0 Å². The summed E-state index contributed by atoms with van der Waals surface area (Å²) in [7, 11) is 0. The van der Waals surface area contributed by atoms with Crippen molar-refractivity contribution in [2.75, 3.05) is 19.7 Å². The van der Waals surface area contributed by atoms with Gasteiger partial charge in [0.25, 0.3) is 0 Å². The summed E-state index contributed by atoms with van der Waals surface area (Å²) in [5.41, 5.74) is 16.4. The summed E-state index contributed by atoms with van der Waals surface area (Å²) in [6.45, 7) is -0.356. The van der Waals surface area contributed by atoms with Crippen LogP contribution in [0.3, 0.4) is 0 Å². The number of nitrogens with zero attached hydrogens (tertiary/aromatic N) is 1. The van der Waals surface area contributed by atoms with Gasteiger partial charge < -0.3 is 42.4 Å². The number of guanidine groups is 1. The zero-order valence-electron chi connectivity index (χ0n) is 13.8. The number of nitrogens with two attached hydrogens (primary N) is 3. The molecule has 1 aliphatic rings. The molecule has 10 N–H and O–H groups in total. The van der Waals surface area contributed by atoms with Gasteiger partial charge in [0, 0.05) is 19.0 Å². The molecular formula is C14H26N6O5. The molecule has 0 saturated carbocycles. The highest BCUT2D eigenvalue weighted by molar-refractivity contribution is 5.95. The molecule has 1 unspecified atom stereocenters. The smallest absolute Gasteiger partial charge is 0.242 e. The number of aliphatic hydroxyl groups excluding tert-OH is 2. The Morgan fingerprint density at radius 3 is 2.56 bits per heavy atom. The number of carbonyl (C=O) groups is 3. The predicted molar refractivity (Wildman–Crippen MR) is 88.3 cm³/mol. The molecule has 1 amide bonds. The molecule has 0 aliphatic carbocycles. The Labute approximate surface area is 145 Å². The highest BCUT2D eigenvalue weighted by Gasteiger charge is 2.45. The fourth-order valence-electron chi connectivity index (χ4n) is 2.86. The molecule has 11 heteroatoms. The first kappa shape index (κ1) is 21.0. The summed E-state index contributed by atoms with van der Waals surface area (Å²) in [5, 5.41) is 28.8. The Balaban J connectivity index is 2.96. The fraction of sp³-hybridized carbons (Fsp3) is 0.714. The van der Waals surface area contributed by atoms with Crippen molar-refractivity contribution in [3.63, 3.8) is 0 Å². The number of rotatable bonds is 9.